The van der Waals surface area contributed by atoms with Gasteiger partial charge < -0.3 is 14.0 Å². The second-order valence-corrected chi connectivity index (χ2v) is 12.4. The van der Waals surface area contributed by atoms with Gasteiger partial charge in [-0.3, -0.25) is 4.90 Å². The van der Waals surface area contributed by atoms with E-state index < -0.39 is 0 Å². The third-order valence-corrected chi connectivity index (χ3v) is 8.81. The summed E-state index contributed by atoms with van der Waals surface area (Å²) in [5, 5.41) is 1.69. The molecule has 9 nitrogen and oxygen atoms in total. The highest BCUT2D eigenvalue weighted by atomic mass is 35.5. The largest absolute Gasteiger partial charge is 0.474 e. The molecular formula is C31H32ClN7O2S. The predicted octanol–water partition coefficient (Wildman–Crippen LogP) is 5.73. The molecule has 1 unspecified atom stereocenters. The summed E-state index contributed by atoms with van der Waals surface area (Å²) in [4.78, 5) is 21.2. The van der Waals surface area contributed by atoms with Crippen LogP contribution in [0.3, 0.4) is 0 Å². The molecule has 2 aliphatic heterocycles. The smallest absolute Gasteiger partial charge is 0.216 e. The van der Waals surface area contributed by atoms with Crippen molar-refractivity contribution in [1.82, 2.24) is 33.8 Å². The summed E-state index contributed by atoms with van der Waals surface area (Å²) in [6.07, 6.45) is 5.74. The molecule has 2 aliphatic rings. The summed E-state index contributed by atoms with van der Waals surface area (Å²) in [6.45, 7) is 6.30. The Balaban J connectivity index is 1.01. The van der Waals surface area contributed by atoms with Gasteiger partial charge in [-0.25, -0.2) is 15.0 Å². The SMILES string of the molecule is Cc1nc(-c2ccc3c(c2)nc(CN2CCC(Oc4ccnc(Cc5ccc(Cl)cc5)n4)CC2)n3CC2CCO2)ns1. The van der Waals surface area contributed by atoms with Crippen LogP contribution in [0.4, 0.5) is 0 Å². The molecule has 42 heavy (non-hydrogen) atoms. The molecule has 2 fully saturated rings. The topological polar surface area (TPSA) is 91.1 Å². The van der Waals surface area contributed by atoms with E-state index in [1.54, 1.807) is 6.20 Å². The Kier molecular flexibility index (Phi) is 7.86. The van der Waals surface area contributed by atoms with Gasteiger partial charge in [-0.05, 0) is 73.6 Å². The molecule has 3 aromatic heterocycles. The zero-order valence-corrected chi connectivity index (χ0v) is 25.0. The Morgan fingerprint density at radius 1 is 1.02 bits per heavy atom. The van der Waals surface area contributed by atoms with E-state index in [2.05, 4.69) is 47.0 Å². The molecule has 0 bridgehead atoms. The monoisotopic (exact) mass is 601 g/mol. The summed E-state index contributed by atoms with van der Waals surface area (Å²) in [5.41, 5.74) is 4.23. The van der Waals surface area contributed by atoms with Gasteiger partial charge in [-0.15, -0.1) is 0 Å². The van der Waals surface area contributed by atoms with Gasteiger partial charge in [0.25, 0.3) is 0 Å². The van der Waals surface area contributed by atoms with Crippen molar-refractivity contribution in [3.8, 4) is 17.3 Å². The van der Waals surface area contributed by atoms with E-state index in [4.69, 9.17) is 26.1 Å². The number of aromatic nitrogens is 6. The molecule has 0 saturated carbocycles. The Labute approximate surface area is 253 Å². The van der Waals surface area contributed by atoms with Crippen LogP contribution in [0, 0.1) is 6.92 Å². The van der Waals surface area contributed by atoms with Crippen LogP contribution in [0.25, 0.3) is 22.4 Å². The van der Waals surface area contributed by atoms with Gasteiger partial charge in [0.2, 0.25) is 5.88 Å². The molecule has 0 aliphatic carbocycles. The van der Waals surface area contributed by atoms with Gasteiger partial charge in [0.15, 0.2) is 5.82 Å². The van der Waals surface area contributed by atoms with E-state index in [0.29, 0.717) is 12.3 Å². The first-order valence-electron chi connectivity index (χ1n) is 14.4. The number of benzene rings is 2. The number of aryl methyl sites for hydroxylation is 1. The Bertz CT molecular complexity index is 1680. The van der Waals surface area contributed by atoms with Crippen LogP contribution in [-0.4, -0.2) is 65.7 Å². The molecule has 5 heterocycles. The number of rotatable bonds is 9. The molecule has 7 rings (SSSR count). The van der Waals surface area contributed by atoms with Crippen molar-refractivity contribution >= 4 is 34.2 Å². The average Bonchev–Trinajstić information content (AvgIpc) is 3.55. The Hall–Kier alpha value is -3.44. The molecule has 216 valence electrons. The Morgan fingerprint density at radius 3 is 2.60 bits per heavy atom. The summed E-state index contributed by atoms with van der Waals surface area (Å²) in [5.74, 6) is 3.21. The second-order valence-electron chi connectivity index (χ2n) is 11.0. The summed E-state index contributed by atoms with van der Waals surface area (Å²) in [6, 6.07) is 16.0. The van der Waals surface area contributed by atoms with Crippen LogP contribution >= 0.6 is 23.1 Å². The summed E-state index contributed by atoms with van der Waals surface area (Å²) >= 11 is 7.44. The van der Waals surface area contributed by atoms with Crippen LogP contribution in [0.1, 0.15) is 41.5 Å². The van der Waals surface area contributed by atoms with Crippen molar-refractivity contribution in [3.05, 3.63) is 82.0 Å². The number of likely N-dealkylation sites (tertiary alicyclic amines) is 1. The fourth-order valence-corrected chi connectivity index (χ4v) is 6.18. The first-order valence-corrected chi connectivity index (χ1v) is 15.6. The van der Waals surface area contributed by atoms with Crippen molar-refractivity contribution in [2.75, 3.05) is 19.7 Å². The third kappa shape index (κ3) is 6.17. The number of halogens is 1. The van der Waals surface area contributed by atoms with Crippen molar-refractivity contribution in [1.29, 1.82) is 0 Å². The fraction of sp³-hybridized carbons (Fsp3) is 0.387. The maximum Gasteiger partial charge on any atom is 0.216 e. The zero-order valence-electron chi connectivity index (χ0n) is 23.4. The van der Waals surface area contributed by atoms with Gasteiger partial charge in [-0.1, -0.05) is 23.7 Å². The zero-order chi connectivity index (χ0) is 28.5. The molecule has 0 radical (unpaired) electrons. The summed E-state index contributed by atoms with van der Waals surface area (Å²) < 4.78 is 18.9. The highest BCUT2D eigenvalue weighted by Crippen LogP contribution is 2.27. The third-order valence-electron chi connectivity index (χ3n) is 7.94. The minimum absolute atomic E-state index is 0.123. The standard InChI is InChI=1S/C31H32ClN7O2S/c1-20-34-31(37-42-20)22-4-7-27-26(17-22)35-29(39(27)18-25-11-15-40-25)19-38-13-9-24(10-14-38)41-30-8-12-33-28(36-30)16-21-2-5-23(32)6-3-21/h2-8,12,17,24-25H,9-11,13-16,18-19H2,1H3. The number of imidazole rings is 1. The van der Waals surface area contributed by atoms with E-state index in [0.717, 1.165) is 102 Å². The van der Waals surface area contributed by atoms with E-state index in [9.17, 15) is 0 Å². The predicted molar refractivity (Wildman–Crippen MR) is 163 cm³/mol. The van der Waals surface area contributed by atoms with Crippen molar-refractivity contribution in [2.24, 2.45) is 0 Å². The second kappa shape index (κ2) is 12.0. The van der Waals surface area contributed by atoms with Crippen LogP contribution in [0.2, 0.25) is 5.02 Å². The molecule has 0 amide bonds. The minimum Gasteiger partial charge on any atom is -0.474 e. The van der Waals surface area contributed by atoms with E-state index in [1.807, 2.05) is 37.3 Å². The highest BCUT2D eigenvalue weighted by molar-refractivity contribution is 7.05. The number of hydrogen-bond acceptors (Lipinski definition) is 9. The number of ether oxygens (including phenoxy) is 2. The van der Waals surface area contributed by atoms with Crippen molar-refractivity contribution in [2.45, 2.75) is 57.9 Å². The molecule has 11 heteroatoms. The lowest BCUT2D eigenvalue weighted by Crippen LogP contribution is -2.39. The molecule has 5 aromatic rings. The quantitative estimate of drug-likeness (QED) is 0.212. The normalized spacial score (nSPS) is 17.9. The van der Waals surface area contributed by atoms with Crippen LogP contribution in [0.5, 0.6) is 5.88 Å². The van der Waals surface area contributed by atoms with Crippen LogP contribution in [-0.2, 0) is 24.2 Å². The summed E-state index contributed by atoms with van der Waals surface area (Å²) in [7, 11) is 0. The minimum atomic E-state index is 0.123. The first-order chi connectivity index (χ1) is 20.6. The fourth-order valence-electron chi connectivity index (χ4n) is 5.56. The lowest BCUT2D eigenvalue weighted by atomic mass is 10.1. The lowest BCUT2D eigenvalue weighted by molar-refractivity contribution is -0.0592. The van der Waals surface area contributed by atoms with Gasteiger partial charge >= 0.3 is 0 Å². The van der Waals surface area contributed by atoms with Crippen molar-refractivity contribution in [3.63, 3.8) is 0 Å². The molecule has 0 spiro atoms. The molecule has 2 aromatic carbocycles. The number of nitrogens with zero attached hydrogens (tertiary/aromatic N) is 7. The first kappa shape index (κ1) is 27.4. The molecule has 2 saturated heterocycles. The lowest BCUT2D eigenvalue weighted by Gasteiger charge is -2.32. The highest BCUT2D eigenvalue weighted by Gasteiger charge is 2.26. The van der Waals surface area contributed by atoms with Gasteiger partial charge in [0, 0.05) is 49.0 Å². The van der Waals surface area contributed by atoms with E-state index in [1.165, 1.54) is 11.5 Å². The molecular weight excluding hydrogens is 570 g/mol. The Morgan fingerprint density at radius 2 is 1.86 bits per heavy atom. The number of fused-ring (bicyclic) bond motifs is 1. The molecule has 0 N–H and O–H groups in total. The van der Waals surface area contributed by atoms with Crippen LogP contribution in [0.15, 0.2) is 54.7 Å². The van der Waals surface area contributed by atoms with E-state index in [-0.39, 0.29) is 12.2 Å². The molecule has 1 atom stereocenters. The number of hydrogen-bond donors (Lipinski definition) is 0. The van der Waals surface area contributed by atoms with Gasteiger partial charge in [0.05, 0.1) is 30.2 Å². The van der Waals surface area contributed by atoms with Gasteiger partial charge in [0.1, 0.15) is 22.8 Å². The average molecular weight is 602 g/mol. The van der Waals surface area contributed by atoms with Gasteiger partial charge in [-0.2, -0.15) is 9.36 Å². The van der Waals surface area contributed by atoms with Crippen LogP contribution < -0.4 is 4.74 Å². The number of piperidine rings is 1. The maximum absolute atomic E-state index is 6.31. The van der Waals surface area contributed by atoms with Crippen molar-refractivity contribution < 1.29 is 9.47 Å². The van der Waals surface area contributed by atoms with E-state index >= 15 is 0 Å². The maximum atomic E-state index is 6.31.